The lowest BCUT2D eigenvalue weighted by Crippen LogP contribution is -2.44. The molecule has 0 radical (unpaired) electrons. The van der Waals surface area contributed by atoms with Crippen LogP contribution in [0.2, 0.25) is 18.1 Å². The van der Waals surface area contributed by atoms with Gasteiger partial charge in [-0.15, -0.1) is 0 Å². The van der Waals surface area contributed by atoms with Crippen molar-refractivity contribution in [2.75, 3.05) is 14.1 Å². The number of carbonyl (C=O) groups excluding carboxylic acids is 2. The van der Waals surface area contributed by atoms with Crippen molar-refractivity contribution in [2.45, 2.75) is 63.9 Å². The monoisotopic (exact) mass is 974 g/mol. The van der Waals surface area contributed by atoms with Crippen molar-refractivity contribution in [3.05, 3.63) is 208 Å². The van der Waals surface area contributed by atoms with Crippen LogP contribution in [0, 0.1) is 5.92 Å². The maximum Gasteiger partial charge on any atom is 0.255 e. The number of imidazole rings is 1. The van der Waals surface area contributed by atoms with Gasteiger partial charge in [-0.1, -0.05) is 172 Å². The van der Waals surface area contributed by atoms with Crippen molar-refractivity contribution in [3.63, 3.8) is 0 Å². The van der Waals surface area contributed by atoms with Crippen molar-refractivity contribution >= 4 is 57.6 Å². The van der Waals surface area contributed by atoms with Gasteiger partial charge < -0.3 is 29.8 Å². The summed E-state index contributed by atoms with van der Waals surface area (Å²) in [6.07, 6.45) is 3.75. The number of carbonyl (C=O) groups is 2. The van der Waals surface area contributed by atoms with E-state index < -0.39 is 19.5 Å². The molecule has 0 bridgehead atoms. The third kappa shape index (κ3) is 9.15. The second kappa shape index (κ2) is 19.4. The second-order valence-electron chi connectivity index (χ2n) is 18.6. The summed E-state index contributed by atoms with van der Waals surface area (Å²) in [4.78, 5) is 29.9. The third-order valence-corrected chi connectivity index (χ3v) is 18.1. The first-order valence-corrected chi connectivity index (χ1v) is 26.1. The van der Waals surface area contributed by atoms with Crippen molar-refractivity contribution in [1.82, 2.24) is 20.2 Å². The van der Waals surface area contributed by atoms with Crippen LogP contribution in [0.1, 0.15) is 83.3 Å². The van der Waals surface area contributed by atoms with Gasteiger partial charge in [0.05, 0.1) is 23.1 Å². The Morgan fingerprint density at radius 3 is 1.69 bits per heavy atom. The third-order valence-electron chi connectivity index (χ3n) is 13.2. The van der Waals surface area contributed by atoms with Crippen LogP contribution in [0.25, 0.3) is 21.5 Å². The Balaban J connectivity index is 0.000000244. The number of aliphatic hydroxyl groups is 1. The molecular formula is C56H59BrN4O5Si. The fourth-order valence-electron chi connectivity index (χ4n) is 8.54. The van der Waals surface area contributed by atoms with E-state index in [1.807, 2.05) is 117 Å². The van der Waals surface area contributed by atoms with Crippen molar-refractivity contribution in [3.8, 4) is 11.5 Å². The van der Waals surface area contributed by atoms with Crippen LogP contribution in [-0.4, -0.2) is 54.0 Å². The maximum atomic E-state index is 12.6. The van der Waals surface area contributed by atoms with Crippen LogP contribution in [0.3, 0.4) is 0 Å². The van der Waals surface area contributed by atoms with E-state index in [2.05, 4.69) is 101 Å². The molecule has 9 nitrogen and oxygen atoms in total. The molecule has 0 saturated carbocycles. The Morgan fingerprint density at radius 1 is 0.672 bits per heavy atom. The minimum absolute atomic E-state index is 0.0711. The lowest BCUT2D eigenvalue weighted by Gasteiger charge is -2.37. The fraction of sp³-hybridized carbons (Fsp3) is 0.232. The van der Waals surface area contributed by atoms with Gasteiger partial charge in [-0.05, 0) is 98.2 Å². The van der Waals surface area contributed by atoms with Crippen LogP contribution in [-0.2, 0) is 11.1 Å². The molecule has 0 aliphatic rings. The number of phenols is 1. The Hall–Kier alpha value is -6.53. The van der Waals surface area contributed by atoms with Gasteiger partial charge >= 0.3 is 0 Å². The second-order valence-corrected chi connectivity index (χ2v) is 24.3. The van der Waals surface area contributed by atoms with E-state index in [0.717, 1.165) is 37.3 Å². The summed E-state index contributed by atoms with van der Waals surface area (Å²) in [5.41, 5.74) is 2.91. The summed E-state index contributed by atoms with van der Waals surface area (Å²) in [6.45, 7) is 14.9. The highest BCUT2D eigenvalue weighted by atomic mass is 79.9. The van der Waals surface area contributed by atoms with Gasteiger partial charge in [0.15, 0.2) is 0 Å². The molecule has 4 N–H and O–H groups in total. The zero-order chi connectivity index (χ0) is 48.3. The molecule has 0 aliphatic heterocycles. The van der Waals surface area contributed by atoms with Crippen molar-refractivity contribution < 1.29 is 24.2 Å². The number of benzene rings is 7. The summed E-state index contributed by atoms with van der Waals surface area (Å²) >= 11 is 3.48. The maximum absolute atomic E-state index is 12.6. The molecule has 67 heavy (non-hydrogen) atoms. The van der Waals surface area contributed by atoms with Gasteiger partial charge in [-0.2, -0.15) is 0 Å². The van der Waals surface area contributed by atoms with E-state index in [1.165, 1.54) is 13.1 Å². The number of phenolic OH excluding ortho intramolecular Hbond substituents is 1. The van der Waals surface area contributed by atoms with Gasteiger partial charge in [0.25, 0.3) is 20.1 Å². The summed E-state index contributed by atoms with van der Waals surface area (Å²) in [7, 11) is 1.16. The summed E-state index contributed by atoms with van der Waals surface area (Å²) < 4.78 is 9.51. The van der Waals surface area contributed by atoms with Crippen LogP contribution in [0.4, 0.5) is 0 Å². The molecule has 8 aromatic rings. The lowest BCUT2D eigenvalue weighted by molar-refractivity contribution is 0.0279. The minimum Gasteiger partial charge on any atom is -0.543 e. The number of amides is 2. The van der Waals surface area contributed by atoms with E-state index in [9.17, 15) is 19.8 Å². The average Bonchev–Trinajstić information content (AvgIpc) is 3.82. The molecule has 0 fully saturated rings. The molecule has 11 heteroatoms. The Morgan fingerprint density at radius 2 is 1.16 bits per heavy atom. The molecule has 344 valence electrons. The average molecular weight is 976 g/mol. The van der Waals surface area contributed by atoms with E-state index in [4.69, 9.17) is 9.41 Å². The molecule has 0 saturated heterocycles. The molecule has 0 aliphatic carbocycles. The number of nitrogens with zero attached hydrogens (tertiary/aromatic N) is 2. The highest BCUT2D eigenvalue weighted by molar-refractivity contribution is 9.10. The number of aromatic hydroxyl groups is 1. The number of nitrogens with one attached hydrogen (secondary N) is 2. The Labute approximate surface area is 403 Å². The summed E-state index contributed by atoms with van der Waals surface area (Å²) in [6, 6.07) is 49.6. The van der Waals surface area contributed by atoms with Gasteiger partial charge in [0.1, 0.15) is 22.6 Å². The number of rotatable bonds is 11. The van der Waals surface area contributed by atoms with Crippen molar-refractivity contribution in [2.24, 2.45) is 5.92 Å². The molecule has 7 aromatic carbocycles. The first-order valence-electron chi connectivity index (χ1n) is 22.4. The largest absolute Gasteiger partial charge is 0.543 e. The molecule has 1 unspecified atom stereocenters. The molecule has 1 heterocycles. The number of hydrogen-bond donors (Lipinski definition) is 4. The number of aromatic nitrogens is 2. The molecular weight excluding hydrogens is 917 g/mol. The van der Waals surface area contributed by atoms with Crippen LogP contribution in [0.5, 0.6) is 11.5 Å². The normalized spacial score (nSPS) is 12.8. The van der Waals surface area contributed by atoms with E-state index in [1.54, 1.807) is 25.5 Å². The Bertz CT molecular complexity index is 2950. The highest BCUT2D eigenvalue weighted by Crippen LogP contribution is 2.44. The molecule has 8 rings (SSSR count). The topological polar surface area (TPSA) is 126 Å². The van der Waals surface area contributed by atoms with Crippen molar-refractivity contribution in [1.29, 1.82) is 0 Å². The predicted octanol–water partition coefficient (Wildman–Crippen LogP) is 12.2. The van der Waals surface area contributed by atoms with Gasteiger partial charge in [0, 0.05) is 24.8 Å². The fourth-order valence-corrected chi connectivity index (χ4v) is 9.94. The predicted molar refractivity (Wildman–Crippen MR) is 277 cm³/mol. The van der Waals surface area contributed by atoms with Crippen LogP contribution < -0.4 is 15.1 Å². The first kappa shape index (κ1) is 48.4. The van der Waals surface area contributed by atoms with Gasteiger partial charge in [0.2, 0.25) is 0 Å². The van der Waals surface area contributed by atoms with E-state index in [0.29, 0.717) is 28.0 Å². The minimum atomic E-state index is -2.02. The quantitative estimate of drug-likeness (QED) is 0.0756. The number of halogens is 1. The SMILES string of the molecule is CNC(=O)c1c(O)ccc2cc(C(O)(c3cn(C(c4ccccc4)(c4ccccc4)c4ccccc4)cn3)C(C)C)ccc12.CNC(=O)c1c(O[Si](C)(C)C(C)(C)C)ccc2cc(Br)ccc12. The number of hydrogen-bond acceptors (Lipinski definition) is 6. The Kier molecular flexibility index (Phi) is 14.0. The van der Waals surface area contributed by atoms with Gasteiger partial charge in [-0.3, -0.25) is 9.59 Å². The van der Waals surface area contributed by atoms with E-state index >= 15 is 0 Å². The zero-order valence-corrected chi connectivity index (χ0v) is 42.1. The van der Waals surface area contributed by atoms with Crippen LogP contribution >= 0.6 is 15.9 Å². The molecule has 2 amide bonds. The standard InChI is InChI=1S/C38H35N3O3.C18H24BrNO2Si/c1-26(2)38(44,31-20-21-32-27(23-31)19-22-33(42)35(32)36(43)39-3)34-24-41(25-40-34)37(28-13-7-4-8-14-28,29-15-9-5-10-16-29)30-17-11-6-12-18-30;1-18(2,3)23(5,6)22-15-10-7-12-11-13(19)8-9-14(12)16(15)17(21)20-4/h4-26,42,44H,1-3H3,(H,39,43);7-11H,1-6H3,(H,20,21). The smallest absolute Gasteiger partial charge is 0.255 e. The zero-order valence-electron chi connectivity index (χ0n) is 39.6. The van der Waals surface area contributed by atoms with E-state index in [-0.39, 0.29) is 34.1 Å². The summed E-state index contributed by atoms with van der Waals surface area (Å²) in [5, 5.41) is 31.7. The molecule has 1 atom stereocenters. The van der Waals surface area contributed by atoms with Gasteiger partial charge in [-0.25, -0.2) is 4.98 Å². The summed E-state index contributed by atoms with van der Waals surface area (Å²) in [5.74, 6) is -0.171. The highest BCUT2D eigenvalue weighted by Gasteiger charge is 2.43. The number of fused-ring (bicyclic) bond motifs is 2. The first-order chi connectivity index (χ1) is 31.9. The molecule has 0 spiro atoms. The van der Waals surface area contributed by atoms with Crippen LogP contribution in [0.15, 0.2) is 169 Å². The molecule has 1 aromatic heterocycles. The lowest BCUT2D eigenvalue weighted by atomic mass is 9.76.